The molecule has 6 nitrogen and oxygen atoms in total. The molecule has 106 valence electrons. The zero-order valence-corrected chi connectivity index (χ0v) is 11.7. The third-order valence-electron chi connectivity index (χ3n) is 3.31. The van der Waals surface area contributed by atoms with Crippen LogP contribution in [0.25, 0.3) is 22.6 Å². The molecule has 0 fully saturated rings. The predicted molar refractivity (Wildman–Crippen MR) is 81.9 cm³/mol. The second-order valence-corrected chi connectivity index (χ2v) is 4.89. The van der Waals surface area contributed by atoms with Gasteiger partial charge in [-0.05, 0) is 17.7 Å². The molecule has 22 heavy (non-hydrogen) atoms. The zero-order valence-electron chi connectivity index (χ0n) is 11.7. The Bertz CT molecular complexity index is 916. The van der Waals surface area contributed by atoms with Crippen LogP contribution in [-0.4, -0.2) is 29.9 Å². The van der Waals surface area contributed by atoms with Gasteiger partial charge in [0.2, 0.25) is 0 Å². The fourth-order valence-electron chi connectivity index (χ4n) is 2.24. The van der Waals surface area contributed by atoms with Crippen molar-refractivity contribution in [3.05, 3.63) is 66.6 Å². The third-order valence-corrected chi connectivity index (χ3v) is 3.31. The molecule has 0 atom stereocenters. The van der Waals surface area contributed by atoms with Gasteiger partial charge in [0.15, 0.2) is 5.65 Å². The van der Waals surface area contributed by atoms with Crippen LogP contribution >= 0.6 is 0 Å². The Balaban J connectivity index is 1.65. The molecule has 3 heterocycles. The van der Waals surface area contributed by atoms with Gasteiger partial charge in [-0.3, -0.25) is 4.98 Å². The summed E-state index contributed by atoms with van der Waals surface area (Å²) in [6.45, 7) is 0.674. The van der Waals surface area contributed by atoms with E-state index < -0.39 is 0 Å². The molecule has 0 unspecified atom stereocenters. The minimum absolute atomic E-state index is 0.609. The lowest BCUT2D eigenvalue weighted by atomic mass is 10.2. The second-order valence-electron chi connectivity index (χ2n) is 4.89. The van der Waals surface area contributed by atoms with Crippen LogP contribution in [-0.2, 0) is 6.54 Å². The van der Waals surface area contributed by atoms with Crippen LogP contribution in [0, 0.1) is 0 Å². The van der Waals surface area contributed by atoms with Crippen molar-refractivity contribution in [1.82, 2.24) is 29.9 Å². The number of fused-ring (bicyclic) bond motifs is 1. The van der Waals surface area contributed by atoms with Gasteiger partial charge >= 0.3 is 0 Å². The van der Waals surface area contributed by atoms with Crippen LogP contribution in [0.15, 0.2) is 61.1 Å². The van der Waals surface area contributed by atoms with Crippen molar-refractivity contribution in [3.8, 4) is 11.4 Å². The number of hydrogen-bond acceptors (Lipinski definition) is 5. The van der Waals surface area contributed by atoms with E-state index in [-0.39, 0.29) is 0 Å². The molecule has 4 rings (SSSR count). The molecule has 6 heteroatoms. The van der Waals surface area contributed by atoms with E-state index in [1.165, 1.54) is 5.56 Å². The SMILES string of the molecule is c1ccc(Cn2cc(-c3cnc4cccnc4n3)nn2)cc1. The topological polar surface area (TPSA) is 69.4 Å². The van der Waals surface area contributed by atoms with E-state index in [4.69, 9.17) is 0 Å². The molecule has 0 radical (unpaired) electrons. The number of hydrogen-bond donors (Lipinski definition) is 0. The first kappa shape index (κ1) is 12.6. The molecular weight excluding hydrogens is 276 g/mol. The van der Waals surface area contributed by atoms with Gasteiger partial charge in [0.1, 0.15) is 16.9 Å². The van der Waals surface area contributed by atoms with Crippen molar-refractivity contribution in [2.45, 2.75) is 6.54 Å². The summed E-state index contributed by atoms with van der Waals surface area (Å²) >= 11 is 0. The maximum Gasteiger partial charge on any atom is 0.178 e. The Morgan fingerprint density at radius 1 is 0.909 bits per heavy atom. The smallest absolute Gasteiger partial charge is 0.178 e. The lowest BCUT2D eigenvalue weighted by molar-refractivity contribution is 0.650. The maximum absolute atomic E-state index is 4.48. The summed E-state index contributed by atoms with van der Waals surface area (Å²) in [6.07, 6.45) is 5.26. The summed E-state index contributed by atoms with van der Waals surface area (Å²) in [5.41, 5.74) is 3.91. The summed E-state index contributed by atoms with van der Waals surface area (Å²) in [6, 6.07) is 13.8. The highest BCUT2D eigenvalue weighted by Gasteiger charge is 2.08. The van der Waals surface area contributed by atoms with Gasteiger partial charge in [0.25, 0.3) is 0 Å². The molecule has 3 aromatic heterocycles. The average Bonchev–Trinajstić information content (AvgIpc) is 3.04. The molecule has 0 N–H and O–H groups in total. The molecule has 0 aliphatic rings. The Kier molecular flexibility index (Phi) is 3.05. The number of pyridine rings is 1. The van der Waals surface area contributed by atoms with Gasteiger partial charge in [0, 0.05) is 6.20 Å². The maximum atomic E-state index is 4.48. The molecule has 1 aromatic carbocycles. The van der Waals surface area contributed by atoms with Crippen LogP contribution in [0.1, 0.15) is 5.56 Å². The summed E-state index contributed by atoms with van der Waals surface area (Å²) in [7, 11) is 0. The van der Waals surface area contributed by atoms with Gasteiger partial charge in [-0.1, -0.05) is 35.5 Å². The van der Waals surface area contributed by atoms with Crippen molar-refractivity contribution < 1.29 is 0 Å². The largest absolute Gasteiger partial charge is 0.251 e. The molecule has 0 saturated carbocycles. The zero-order chi connectivity index (χ0) is 14.8. The first-order chi connectivity index (χ1) is 10.9. The fraction of sp³-hybridized carbons (Fsp3) is 0.0625. The summed E-state index contributed by atoms with van der Waals surface area (Å²) in [5, 5.41) is 8.32. The van der Waals surface area contributed by atoms with E-state index in [0.29, 0.717) is 23.6 Å². The summed E-state index contributed by atoms with van der Waals surface area (Å²) in [5.74, 6) is 0. The van der Waals surface area contributed by atoms with Crippen molar-refractivity contribution in [2.75, 3.05) is 0 Å². The lowest BCUT2D eigenvalue weighted by Crippen LogP contribution is -1.99. The highest BCUT2D eigenvalue weighted by atomic mass is 15.4. The molecule has 0 aliphatic carbocycles. The Hall–Kier alpha value is -3.15. The Labute approximate surface area is 126 Å². The lowest BCUT2D eigenvalue weighted by Gasteiger charge is -1.99. The highest BCUT2D eigenvalue weighted by Crippen LogP contribution is 2.15. The van der Waals surface area contributed by atoms with E-state index in [1.54, 1.807) is 17.1 Å². The standard InChI is InChI=1S/C16H12N6/c1-2-5-12(6-3-1)10-22-11-15(20-21-22)14-9-18-13-7-4-8-17-16(13)19-14/h1-9,11H,10H2. The van der Waals surface area contributed by atoms with Crippen molar-refractivity contribution in [1.29, 1.82) is 0 Å². The van der Waals surface area contributed by atoms with Crippen LogP contribution < -0.4 is 0 Å². The summed E-state index contributed by atoms with van der Waals surface area (Å²) < 4.78 is 1.79. The van der Waals surface area contributed by atoms with Gasteiger partial charge in [0.05, 0.1) is 18.9 Å². The quantitative estimate of drug-likeness (QED) is 0.578. The molecule has 4 aromatic rings. The van der Waals surface area contributed by atoms with E-state index >= 15 is 0 Å². The number of nitrogens with zero attached hydrogens (tertiary/aromatic N) is 6. The molecular formula is C16H12N6. The van der Waals surface area contributed by atoms with Crippen LogP contribution in [0.3, 0.4) is 0 Å². The molecule has 0 saturated heterocycles. The molecule has 0 bridgehead atoms. The Morgan fingerprint density at radius 3 is 2.73 bits per heavy atom. The monoisotopic (exact) mass is 288 g/mol. The first-order valence-corrected chi connectivity index (χ1v) is 6.91. The van der Waals surface area contributed by atoms with Gasteiger partial charge < -0.3 is 0 Å². The first-order valence-electron chi connectivity index (χ1n) is 6.91. The van der Waals surface area contributed by atoms with Gasteiger partial charge in [-0.25, -0.2) is 14.6 Å². The van der Waals surface area contributed by atoms with E-state index in [1.807, 2.05) is 36.5 Å². The van der Waals surface area contributed by atoms with Gasteiger partial charge in [-0.15, -0.1) is 5.10 Å². The number of rotatable bonds is 3. The predicted octanol–water partition coefficient (Wildman–Crippen LogP) is 2.33. The van der Waals surface area contributed by atoms with Crippen LogP contribution in [0.4, 0.5) is 0 Å². The van der Waals surface area contributed by atoms with Crippen LogP contribution in [0.2, 0.25) is 0 Å². The van der Waals surface area contributed by atoms with E-state index in [9.17, 15) is 0 Å². The molecule has 0 amide bonds. The van der Waals surface area contributed by atoms with E-state index in [0.717, 1.165) is 5.52 Å². The normalized spacial score (nSPS) is 10.9. The van der Waals surface area contributed by atoms with Crippen molar-refractivity contribution in [2.24, 2.45) is 0 Å². The second kappa shape index (κ2) is 5.33. The van der Waals surface area contributed by atoms with E-state index in [2.05, 4.69) is 37.4 Å². The molecule has 0 spiro atoms. The number of aromatic nitrogens is 6. The van der Waals surface area contributed by atoms with Crippen molar-refractivity contribution in [3.63, 3.8) is 0 Å². The minimum Gasteiger partial charge on any atom is -0.251 e. The highest BCUT2D eigenvalue weighted by molar-refractivity contribution is 5.71. The summed E-state index contributed by atoms with van der Waals surface area (Å²) in [4.78, 5) is 13.0. The van der Waals surface area contributed by atoms with Crippen molar-refractivity contribution >= 4 is 11.2 Å². The third kappa shape index (κ3) is 2.42. The average molecular weight is 288 g/mol. The molecule has 0 aliphatic heterocycles. The minimum atomic E-state index is 0.609. The number of benzene rings is 1. The van der Waals surface area contributed by atoms with Crippen LogP contribution in [0.5, 0.6) is 0 Å². The fourth-order valence-corrected chi connectivity index (χ4v) is 2.24. The Morgan fingerprint density at radius 2 is 1.82 bits per heavy atom. The van der Waals surface area contributed by atoms with Gasteiger partial charge in [-0.2, -0.15) is 0 Å².